The van der Waals surface area contributed by atoms with Crippen molar-refractivity contribution in [3.8, 4) is 0 Å². The van der Waals surface area contributed by atoms with Gasteiger partial charge in [-0.1, -0.05) is 23.7 Å². The molecule has 0 unspecified atom stereocenters. The Morgan fingerprint density at radius 1 is 1.05 bits per heavy atom. The van der Waals surface area contributed by atoms with Gasteiger partial charge >= 0.3 is 5.97 Å². The van der Waals surface area contributed by atoms with Crippen LogP contribution in [0, 0.1) is 6.92 Å². The number of carbonyl (C=O) groups excluding carboxylic acids is 2. The lowest BCUT2D eigenvalue weighted by molar-refractivity contribution is -0.144. The van der Waals surface area contributed by atoms with E-state index in [4.69, 9.17) is 16.3 Å². The van der Waals surface area contributed by atoms with Gasteiger partial charge in [0.2, 0.25) is 5.91 Å². The molecule has 1 aliphatic rings. The maximum absolute atomic E-state index is 13.4. The summed E-state index contributed by atoms with van der Waals surface area (Å²) in [7, 11) is -3.70. The number of piperidine rings is 1. The second kappa shape index (κ2) is 12.8. The molecule has 1 saturated heterocycles. The van der Waals surface area contributed by atoms with Gasteiger partial charge in [-0.25, -0.2) is 8.42 Å². The number of esters is 1. The van der Waals surface area contributed by atoms with Crippen LogP contribution in [0.5, 0.6) is 0 Å². The van der Waals surface area contributed by atoms with E-state index in [1.807, 2.05) is 19.1 Å². The molecule has 0 aliphatic carbocycles. The largest absolute Gasteiger partial charge is 0.466 e. The normalized spacial score (nSPS) is 14.4. The molecule has 0 radical (unpaired) electrons. The number of benzene rings is 2. The van der Waals surface area contributed by atoms with Crippen LogP contribution in [0.25, 0.3) is 10.8 Å². The summed E-state index contributed by atoms with van der Waals surface area (Å²) in [5.74, 6) is -0.951. The second-order valence-corrected chi connectivity index (χ2v) is 12.3. The highest BCUT2D eigenvalue weighted by Crippen LogP contribution is 2.26. The van der Waals surface area contributed by atoms with Crippen molar-refractivity contribution in [3.63, 3.8) is 0 Å². The van der Waals surface area contributed by atoms with Gasteiger partial charge in [0.05, 0.1) is 23.7 Å². The SMILES string of the molecule is CCOC(=O)CCN(C(=O)CCS(=O)(=O)c1ccc2cc(Cl)ccc2c1)C1CCN(c2ccnc(C)c2)CC1. The summed E-state index contributed by atoms with van der Waals surface area (Å²) < 4.78 is 31.3. The molecule has 1 fully saturated rings. The van der Waals surface area contributed by atoms with Gasteiger partial charge in [0.15, 0.2) is 9.84 Å². The van der Waals surface area contributed by atoms with Gasteiger partial charge in [-0.05, 0) is 73.9 Å². The van der Waals surface area contributed by atoms with Crippen LogP contribution >= 0.6 is 11.6 Å². The number of hydrogen-bond acceptors (Lipinski definition) is 7. The number of anilines is 1. The lowest BCUT2D eigenvalue weighted by Crippen LogP contribution is -2.48. The van der Waals surface area contributed by atoms with E-state index in [0.717, 1.165) is 48.1 Å². The molecule has 39 heavy (non-hydrogen) atoms. The number of aromatic nitrogens is 1. The minimum atomic E-state index is -3.70. The third-order valence-corrected chi connectivity index (χ3v) is 9.00. The molecule has 2 aromatic carbocycles. The number of sulfone groups is 1. The van der Waals surface area contributed by atoms with Gasteiger partial charge in [-0.15, -0.1) is 0 Å². The quantitative estimate of drug-likeness (QED) is 0.322. The molecule has 3 aromatic rings. The Labute approximate surface area is 234 Å². The summed E-state index contributed by atoms with van der Waals surface area (Å²) in [5, 5.41) is 2.18. The van der Waals surface area contributed by atoms with Gasteiger partial charge in [-0.2, -0.15) is 0 Å². The molecule has 1 aromatic heterocycles. The summed E-state index contributed by atoms with van der Waals surface area (Å²) in [5.41, 5.74) is 2.03. The molecule has 1 amide bonds. The zero-order valence-corrected chi connectivity index (χ0v) is 23.9. The number of fused-ring (bicyclic) bond motifs is 1. The van der Waals surface area contributed by atoms with Crippen LogP contribution in [0.15, 0.2) is 59.6 Å². The Morgan fingerprint density at radius 3 is 2.49 bits per heavy atom. The maximum atomic E-state index is 13.4. The van der Waals surface area contributed by atoms with Crippen LogP contribution in [0.3, 0.4) is 0 Å². The Kier molecular flexibility index (Phi) is 9.45. The average molecular weight is 572 g/mol. The van der Waals surface area contributed by atoms with E-state index in [-0.39, 0.29) is 54.6 Å². The maximum Gasteiger partial charge on any atom is 0.307 e. The van der Waals surface area contributed by atoms with Gasteiger partial charge in [0.1, 0.15) is 0 Å². The Morgan fingerprint density at radius 2 is 1.77 bits per heavy atom. The molecule has 0 N–H and O–H groups in total. The summed E-state index contributed by atoms with van der Waals surface area (Å²) in [4.78, 5) is 33.9. The standard InChI is InChI=1S/C29H34ClN3O5S/c1-3-38-29(35)11-16-33(25-9-14-32(15-10-25)26-8-13-31-21(2)18-26)28(34)12-17-39(36,37)27-7-5-22-19-24(30)6-4-23(22)20-27/h4-8,13,18-20,25H,3,9-12,14-17H2,1-2H3. The van der Waals surface area contributed by atoms with Crippen molar-refractivity contribution in [1.29, 1.82) is 0 Å². The molecule has 208 valence electrons. The van der Waals surface area contributed by atoms with Crippen molar-refractivity contribution >= 4 is 49.8 Å². The molecule has 1 aliphatic heterocycles. The fourth-order valence-electron chi connectivity index (χ4n) is 4.99. The molecule has 0 bridgehead atoms. The van der Waals surface area contributed by atoms with Crippen molar-refractivity contribution < 1.29 is 22.7 Å². The van der Waals surface area contributed by atoms with Crippen molar-refractivity contribution in [1.82, 2.24) is 9.88 Å². The first-order valence-corrected chi connectivity index (χ1v) is 15.2. The molecular weight excluding hydrogens is 538 g/mol. The van der Waals surface area contributed by atoms with Crippen molar-refractivity contribution in [2.24, 2.45) is 0 Å². The molecule has 4 rings (SSSR count). The van der Waals surface area contributed by atoms with E-state index < -0.39 is 9.84 Å². The topological polar surface area (TPSA) is 96.9 Å². The van der Waals surface area contributed by atoms with Crippen LogP contribution < -0.4 is 4.90 Å². The lowest BCUT2D eigenvalue weighted by atomic mass is 10.0. The highest BCUT2D eigenvalue weighted by molar-refractivity contribution is 7.91. The number of halogens is 1. The number of aryl methyl sites for hydroxylation is 1. The Balaban J connectivity index is 1.43. The molecule has 0 spiro atoms. The summed E-state index contributed by atoms with van der Waals surface area (Å²) in [6.45, 7) is 5.66. The van der Waals surface area contributed by atoms with Crippen molar-refractivity contribution in [2.75, 3.05) is 36.9 Å². The third-order valence-electron chi connectivity index (χ3n) is 7.05. The van der Waals surface area contributed by atoms with Crippen molar-refractivity contribution in [3.05, 3.63) is 65.4 Å². The highest BCUT2D eigenvalue weighted by Gasteiger charge is 2.29. The first-order valence-electron chi connectivity index (χ1n) is 13.2. The van der Waals surface area contributed by atoms with Crippen LogP contribution in [0.4, 0.5) is 5.69 Å². The third kappa shape index (κ3) is 7.48. The number of hydrogen-bond donors (Lipinski definition) is 0. The van der Waals surface area contributed by atoms with E-state index in [9.17, 15) is 18.0 Å². The smallest absolute Gasteiger partial charge is 0.307 e. The van der Waals surface area contributed by atoms with E-state index in [0.29, 0.717) is 5.02 Å². The minimum Gasteiger partial charge on any atom is -0.466 e. The number of amides is 1. The summed E-state index contributed by atoms with van der Waals surface area (Å²) in [6, 6.07) is 14.1. The predicted octanol–water partition coefficient (Wildman–Crippen LogP) is 4.81. The van der Waals surface area contributed by atoms with E-state index in [2.05, 4.69) is 9.88 Å². The van der Waals surface area contributed by atoms with Gasteiger partial charge in [0.25, 0.3) is 0 Å². The van der Waals surface area contributed by atoms with E-state index in [1.54, 1.807) is 54.4 Å². The fraction of sp³-hybridized carbons (Fsp3) is 0.414. The van der Waals surface area contributed by atoms with E-state index >= 15 is 0 Å². The molecule has 0 atom stereocenters. The van der Waals surface area contributed by atoms with Crippen LogP contribution in [-0.4, -0.2) is 68.2 Å². The van der Waals surface area contributed by atoms with Crippen LogP contribution in [-0.2, 0) is 24.2 Å². The van der Waals surface area contributed by atoms with Crippen LogP contribution in [0.1, 0.15) is 38.3 Å². The summed E-state index contributed by atoms with van der Waals surface area (Å²) >= 11 is 6.04. The summed E-state index contributed by atoms with van der Waals surface area (Å²) in [6.07, 6.45) is 3.14. The van der Waals surface area contributed by atoms with Crippen LogP contribution in [0.2, 0.25) is 5.02 Å². The second-order valence-electron chi connectivity index (χ2n) is 9.74. The molecule has 10 heteroatoms. The molecule has 0 saturated carbocycles. The molecule has 2 heterocycles. The van der Waals surface area contributed by atoms with E-state index in [1.165, 1.54) is 0 Å². The highest BCUT2D eigenvalue weighted by atomic mass is 35.5. The first kappa shape index (κ1) is 28.8. The fourth-order valence-corrected chi connectivity index (χ4v) is 6.43. The minimum absolute atomic E-state index is 0.0727. The average Bonchev–Trinajstić information content (AvgIpc) is 2.92. The van der Waals surface area contributed by atoms with Crippen molar-refractivity contribution in [2.45, 2.75) is 50.5 Å². The number of nitrogens with zero attached hydrogens (tertiary/aromatic N) is 3. The number of ether oxygens (including phenoxy) is 1. The zero-order valence-electron chi connectivity index (χ0n) is 22.3. The Bertz CT molecular complexity index is 1440. The molecular formula is C29H34ClN3O5S. The lowest BCUT2D eigenvalue weighted by Gasteiger charge is -2.39. The van der Waals surface area contributed by atoms with Gasteiger partial charge < -0.3 is 14.5 Å². The predicted molar refractivity (Wildman–Crippen MR) is 153 cm³/mol. The Hall–Kier alpha value is -3.17. The number of rotatable bonds is 10. The zero-order chi connectivity index (χ0) is 28.0. The monoisotopic (exact) mass is 571 g/mol. The molecule has 8 nitrogen and oxygen atoms in total. The van der Waals surface area contributed by atoms with Gasteiger partial charge in [-0.3, -0.25) is 14.6 Å². The number of pyridine rings is 1. The van der Waals surface area contributed by atoms with Gasteiger partial charge in [0, 0.05) is 54.7 Å². The number of carbonyl (C=O) groups is 2. The first-order chi connectivity index (χ1) is 18.7.